The van der Waals surface area contributed by atoms with Crippen molar-refractivity contribution in [3.05, 3.63) is 47.5 Å². The fraction of sp³-hybridized carbons (Fsp3) is 0.263. The van der Waals surface area contributed by atoms with Crippen LogP contribution in [0.3, 0.4) is 0 Å². The number of anilines is 2. The van der Waals surface area contributed by atoms with Crippen molar-refractivity contribution in [2.75, 3.05) is 30.0 Å². The van der Waals surface area contributed by atoms with Crippen LogP contribution in [0.4, 0.5) is 11.4 Å². The van der Waals surface area contributed by atoms with Gasteiger partial charge in [0.05, 0.1) is 5.69 Å². The molecule has 0 aromatic heterocycles. The molecular formula is C19H19ClN2O4. The number of nitrogens with zero attached hydrogens (tertiary/aromatic N) is 1. The van der Waals surface area contributed by atoms with E-state index in [0.717, 1.165) is 12.1 Å². The van der Waals surface area contributed by atoms with E-state index in [1.807, 2.05) is 6.92 Å². The number of halogens is 1. The Morgan fingerprint density at radius 1 is 1.27 bits per heavy atom. The maximum Gasteiger partial charge on any atom is 0.265 e. The lowest BCUT2D eigenvalue weighted by atomic mass is 10.2. The van der Waals surface area contributed by atoms with Crippen molar-refractivity contribution in [3.8, 4) is 11.5 Å². The number of hydrogen-bond acceptors (Lipinski definition) is 4. The summed E-state index contributed by atoms with van der Waals surface area (Å²) in [5.74, 6) is 0.784. The van der Waals surface area contributed by atoms with Crippen LogP contribution in [-0.4, -0.2) is 31.6 Å². The molecule has 0 spiro atoms. The summed E-state index contributed by atoms with van der Waals surface area (Å²) in [6, 6.07) is 12.0. The number of carbonyl (C=O) groups is 2. The summed E-state index contributed by atoms with van der Waals surface area (Å²) in [5, 5.41) is 3.36. The average molecular weight is 375 g/mol. The van der Waals surface area contributed by atoms with Crippen molar-refractivity contribution in [1.82, 2.24) is 0 Å². The molecule has 0 saturated heterocycles. The Morgan fingerprint density at radius 3 is 2.77 bits per heavy atom. The van der Waals surface area contributed by atoms with E-state index in [1.165, 1.54) is 0 Å². The van der Waals surface area contributed by atoms with Crippen LogP contribution in [-0.2, 0) is 9.59 Å². The van der Waals surface area contributed by atoms with Gasteiger partial charge in [-0.25, -0.2) is 0 Å². The number of carbonyl (C=O) groups excluding carboxylic acids is 2. The second-order valence-corrected chi connectivity index (χ2v) is 6.24. The van der Waals surface area contributed by atoms with Crippen molar-refractivity contribution < 1.29 is 19.1 Å². The van der Waals surface area contributed by atoms with Gasteiger partial charge in [0.1, 0.15) is 11.5 Å². The monoisotopic (exact) mass is 374 g/mol. The molecule has 0 saturated carbocycles. The second kappa shape index (κ2) is 8.10. The van der Waals surface area contributed by atoms with Gasteiger partial charge in [-0.1, -0.05) is 18.5 Å². The van der Waals surface area contributed by atoms with Gasteiger partial charge >= 0.3 is 0 Å². The van der Waals surface area contributed by atoms with E-state index >= 15 is 0 Å². The number of hydrogen-bond donors (Lipinski definition) is 1. The van der Waals surface area contributed by atoms with E-state index in [9.17, 15) is 9.59 Å². The smallest absolute Gasteiger partial charge is 0.265 e. The maximum absolute atomic E-state index is 12.1. The van der Waals surface area contributed by atoms with Crippen LogP contribution in [0.5, 0.6) is 11.5 Å². The molecule has 0 fully saturated rings. The van der Waals surface area contributed by atoms with Gasteiger partial charge in [0.25, 0.3) is 11.8 Å². The number of fused-ring (bicyclic) bond motifs is 1. The Bertz CT molecular complexity index is 808. The third-order valence-electron chi connectivity index (χ3n) is 3.82. The summed E-state index contributed by atoms with van der Waals surface area (Å²) < 4.78 is 10.9. The molecule has 2 aromatic rings. The molecule has 136 valence electrons. The Morgan fingerprint density at radius 2 is 2.04 bits per heavy atom. The van der Waals surface area contributed by atoms with Crippen LogP contribution in [0, 0.1) is 0 Å². The Labute approximate surface area is 156 Å². The van der Waals surface area contributed by atoms with E-state index in [4.69, 9.17) is 21.1 Å². The molecule has 0 atom stereocenters. The number of benzene rings is 2. The predicted molar refractivity (Wildman–Crippen MR) is 100 cm³/mol. The van der Waals surface area contributed by atoms with Crippen molar-refractivity contribution in [2.45, 2.75) is 13.3 Å². The first kappa shape index (κ1) is 18.1. The third-order valence-corrected chi connectivity index (χ3v) is 4.07. The van der Waals surface area contributed by atoms with Crippen LogP contribution < -0.4 is 19.7 Å². The zero-order valence-corrected chi connectivity index (χ0v) is 15.1. The third kappa shape index (κ3) is 4.26. The van der Waals surface area contributed by atoms with Gasteiger partial charge in [-0.3, -0.25) is 9.59 Å². The van der Waals surface area contributed by atoms with Gasteiger partial charge < -0.3 is 19.7 Å². The van der Waals surface area contributed by atoms with Crippen LogP contribution in [0.15, 0.2) is 42.5 Å². The van der Waals surface area contributed by atoms with Crippen LogP contribution >= 0.6 is 11.6 Å². The van der Waals surface area contributed by atoms with Gasteiger partial charge in [-0.2, -0.15) is 0 Å². The predicted octanol–water partition coefficient (Wildman–Crippen LogP) is 3.49. The summed E-state index contributed by atoms with van der Waals surface area (Å²) >= 11 is 5.81. The first-order valence-corrected chi connectivity index (χ1v) is 8.70. The highest BCUT2D eigenvalue weighted by Gasteiger charge is 2.25. The molecule has 2 amide bonds. The first-order chi connectivity index (χ1) is 12.6. The van der Waals surface area contributed by atoms with Gasteiger partial charge in [0, 0.05) is 23.3 Å². The number of rotatable bonds is 6. The maximum atomic E-state index is 12.1. The number of nitrogens with one attached hydrogen (secondary N) is 1. The average Bonchev–Trinajstić information content (AvgIpc) is 2.64. The van der Waals surface area contributed by atoms with Crippen molar-refractivity contribution in [2.24, 2.45) is 0 Å². The van der Waals surface area contributed by atoms with Crippen LogP contribution in [0.25, 0.3) is 0 Å². The highest BCUT2D eigenvalue weighted by Crippen LogP contribution is 2.34. The SMILES string of the molecule is CCCN1C(=O)COc2cc(NC(=O)COc3ccc(Cl)cc3)ccc21. The summed E-state index contributed by atoms with van der Waals surface area (Å²) in [4.78, 5) is 25.7. The Kier molecular flexibility index (Phi) is 5.63. The minimum absolute atomic E-state index is 0.00405. The van der Waals surface area contributed by atoms with Gasteiger partial charge in [0.15, 0.2) is 13.2 Å². The van der Waals surface area contributed by atoms with E-state index < -0.39 is 0 Å². The number of amides is 2. The minimum atomic E-state index is -0.294. The fourth-order valence-corrected chi connectivity index (χ4v) is 2.75. The second-order valence-electron chi connectivity index (χ2n) is 5.81. The highest BCUT2D eigenvalue weighted by molar-refractivity contribution is 6.30. The van der Waals surface area contributed by atoms with Crippen molar-refractivity contribution >= 4 is 34.8 Å². The molecule has 1 heterocycles. The molecule has 6 nitrogen and oxygen atoms in total. The standard InChI is InChI=1S/C19H19ClN2O4/c1-2-9-22-16-8-5-14(10-17(16)26-12-19(22)24)21-18(23)11-25-15-6-3-13(20)4-7-15/h3-8,10H,2,9,11-12H2,1H3,(H,21,23). The largest absolute Gasteiger partial charge is 0.484 e. The zero-order valence-electron chi connectivity index (χ0n) is 14.3. The van der Waals surface area contributed by atoms with Crippen LogP contribution in [0.2, 0.25) is 5.02 Å². The summed E-state index contributed by atoms with van der Waals surface area (Å²) in [7, 11) is 0. The van der Waals surface area contributed by atoms with E-state index in [1.54, 1.807) is 47.4 Å². The van der Waals surface area contributed by atoms with Gasteiger partial charge in [-0.05, 0) is 42.8 Å². The quantitative estimate of drug-likeness (QED) is 0.840. The Balaban J connectivity index is 1.62. The lowest BCUT2D eigenvalue weighted by Gasteiger charge is -2.29. The molecular weight excluding hydrogens is 356 g/mol. The lowest BCUT2D eigenvalue weighted by molar-refractivity contribution is -0.121. The molecule has 0 radical (unpaired) electrons. The molecule has 0 unspecified atom stereocenters. The summed E-state index contributed by atoms with van der Waals surface area (Å²) in [6.07, 6.45) is 0.853. The minimum Gasteiger partial charge on any atom is -0.484 e. The highest BCUT2D eigenvalue weighted by atomic mass is 35.5. The summed E-state index contributed by atoms with van der Waals surface area (Å²) in [6.45, 7) is 2.53. The zero-order chi connectivity index (χ0) is 18.5. The normalized spacial score (nSPS) is 13.0. The topological polar surface area (TPSA) is 67.9 Å². The van der Waals surface area contributed by atoms with E-state index in [-0.39, 0.29) is 25.0 Å². The molecule has 2 aromatic carbocycles. The fourth-order valence-electron chi connectivity index (χ4n) is 2.63. The molecule has 1 N–H and O–H groups in total. The van der Waals surface area contributed by atoms with Crippen molar-refractivity contribution in [3.63, 3.8) is 0 Å². The molecule has 0 aliphatic carbocycles. The molecule has 1 aliphatic heterocycles. The Hall–Kier alpha value is -2.73. The van der Waals surface area contributed by atoms with Crippen LogP contribution in [0.1, 0.15) is 13.3 Å². The first-order valence-electron chi connectivity index (χ1n) is 8.32. The molecule has 26 heavy (non-hydrogen) atoms. The lowest BCUT2D eigenvalue weighted by Crippen LogP contribution is -2.39. The van der Waals surface area contributed by atoms with Gasteiger partial charge in [0.2, 0.25) is 0 Å². The number of ether oxygens (including phenoxy) is 2. The molecule has 3 rings (SSSR count). The van der Waals surface area contributed by atoms with E-state index in [2.05, 4.69) is 5.32 Å². The van der Waals surface area contributed by atoms with E-state index in [0.29, 0.717) is 28.8 Å². The summed E-state index contributed by atoms with van der Waals surface area (Å²) in [5.41, 5.74) is 1.30. The molecule has 7 heteroatoms. The van der Waals surface area contributed by atoms with Gasteiger partial charge in [-0.15, -0.1) is 0 Å². The molecule has 1 aliphatic rings. The molecule has 0 bridgehead atoms. The van der Waals surface area contributed by atoms with Crippen molar-refractivity contribution in [1.29, 1.82) is 0 Å².